The maximum Gasteiger partial charge on any atom is 0.272 e. The fourth-order valence-corrected chi connectivity index (χ4v) is 3.00. The SMILES string of the molecule is CC1CCN(C(=O)c2cc(N)c3ccccc3n2)C1CO. The molecule has 3 N–H and O–H groups in total. The van der Waals surface area contributed by atoms with Gasteiger partial charge in [0.05, 0.1) is 18.2 Å². The summed E-state index contributed by atoms with van der Waals surface area (Å²) >= 11 is 0. The van der Waals surface area contributed by atoms with Crippen LogP contribution in [0.4, 0.5) is 5.69 Å². The standard InChI is InChI=1S/C16H19N3O2/c1-10-6-7-19(15(10)9-20)16(21)14-8-12(17)11-4-2-3-5-13(11)18-14/h2-5,8,10,15,20H,6-7,9H2,1H3,(H2,17,18). The molecule has 1 amide bonds. The van der Waals surface area contributed by atoms with Gasteiger partial charge in [-0.1, -0.05) is 25.1 Å². The number of amides is 1. The fourth-order valence-electron chi connectivity index (χ4n) is 3.00. The van der Waals surface area contributed by atoms with Crippen molar-refractivity contribution in [3.8, 4) is 0 Å². The summed E-state index contributed by atoms with van der Waals surface area (Å²) in [5.74, 6) is 0.146. The summed E-state index contributed by atoms with van der Waals surface area (Å²) in [4.78, 5) is 18.8. The summed E-state index contributed by atoms with van der Waals surface area (Å²) < 4.78 is 0. The number of benzene rings is 1. The monoisotopic (exact) mass is 285 g/mol. The molecule has 5 nitrogen and oxygen atoms in total. The lowest BCUT2D eigenvalue weighted by molar-refractivity contribution is 0.0643. The lowest BCUT2D eigenvalue weighted by atomic mass is 10.0. The van der Waals surface area contributed by atoms with Crippen LogP contribution in [0, 0.1) is 5.92 Å². The van der Waals surface area contributed by atoms with Crippen molar-refractivity contribution in [3.05, 3.63) is 36.0 Å². The minimum atomic E-state index is -0.157. The lowest BCUT2D eigenvalue weighted by Crippen LogP contribution is -2.40. The summed E-state index contributed by atoms with van der Waals surface area (Å²) in [6.45, 7) is 2.69. The average molecular weight is 285 g/mol. The number of fused-ring (bicyclic) bond motifs is 1. The number of carbonyl (C=O) groups is 1. The Morgan fingerprint density at radius 2 is 2.24 bits per heavy atom. The van der Waals surface area contributed by atoms with Crippen molar-refractivity contribution in [2.24, 2.45) is 5.92 Å². The average Bonchev–Trinajstić information content (AvgIpc) is 2.87. The number of nitrogens with zero attached hydrogens (tertiary/aromatic N) is 2. The molecule has 0 aliphatic carbocycles. The molecule has 2 heterocycles. The Balaban J connectivity index is 1.98. The topological polar surface area (TPSA) is 79.5 Å². The van der Waals surface area contributed by atoms with E-state index in [2.05, 4.69) is 11.9 Å². The molecule has 1 fully saturated rings. The Labute approximate surface area is 123 Å². The molecule has 0 bridgehead atoms. The molecule has 2 aromatic rings. The molecule has 21 heavy (non-hydrogen) atoms. The Hall–Kier alpha value is -2.14. The third-order valence-electron chi connectivity index (χ3n) is 4.30. The molecule has 1 aliphatic rings. The molecule has 1 aromatic heterocycles. The van der Waals surface area contributed by atoms with Gasteiger partial charge in [-0.25, -0.2) is 4.98 Å². The van der Waals surface area contributed by atoms with Gasteiger partial charge in [0.1, 0.15) is 5.69 Å². The first-order chi connectivity index (χ1) is 10.1. The second kappa shape index (κ2) is 5.33. The molecule has 110 valence electrons. The molecular formula is C16H19N3O2. The quantitative estimate of drug-likeness (QED) is 0.879. The van der Waals surface area contributed by atoms with Crippen LogP contribution in [-0.2, 0) is 0 Å². The highest BCUT2D eigenvalue weighted by Crippen LogP contribution is 2.27. The fraction of sp³-hybridized carbons (Fsp3) is 0.375. The van der Waals surface area contributed by atoms with Crippen molar-refractivity contribution < 1.29 is 9.90 Å². The molecule has 0 saturated carbocycles. The van der Waals surface area contributed by atoms with Gasteiger partial charge in [-0.05, 0) is 24.5 Å². The third-order valence-corrected chi connectivity index (χ3v) is 4.30. The highest BCUT2D eigenvalue weighted by molar-refractivity contribution is 5.99. The Bertz CT molecular complexity index is 686. The second-order valence-electron chi connectivity index (χ2n) is 5.63. The lowest BCUT2D eigenvalue weighted by Gasteiger charge is -2.25. The number of carbonyl (C=O) groups excluding carboxylic acids is 1. The van der Waals surface area contributed by atoms with Crippen LogP contribution in [0.3, 0.4) is 0 Å². The molecule has 0 radical (unpaired) electrons. The van der Waals surface area contributed by atoms with E-state index < -0.39 is 0 Å². The number of rotatable bonds is 2. The van der Waals surface area contributed by atoms with E-state index in [4.69, 9.17) is 5.73 Å². The van der Waals surface area contributed by atoms with Crippen molar-refractivity contribution in [1.29, 1.82) is 0 Å². The smallest absolute Gasteiger partial charge is 0.272 e. The second-order valence-corrected chi connectivity index (χ2v) is 5.63. The van der Waals surface area contributed by atoms with Gasteiger partial charge >= 0.3 is 0 Å². The first kappa shape index (κ1) is 13.8. The van der Waals surface area contributed by atoms with E-state index in [1.807, 2.05) is 24.3 Å². The normalized spacial score (nSPS) is 21.9. The number of aromatic nitrogens is 1. The minimum Gasteiger partial charge on any atom is -0.398 e. The molecule has 5 heteroatoms. The number of hydrogen-bond donors (Lipinski definition) is 2. The van der Waals surface area contributed by atoms with Crippen LogP contribution in [0.25, 0.3) is 10.9 Å². The number of pyridine rings is 1. The minimum absolute atomic E-state index is 0.0179. The van der Waals surface area contributed by atoms with Crippen LogP contribution in [0.5, 0.6) is 0 Å². The number of anilines is 1. The number of nitrogens with two attached hydrogens (primary N) is 1. The summed E-state index contributed by atoms with van der Waals surface area (Å²) in [6, 6.07) is 9.00. The van der Waals surface area contributed by atoms with Crippen molar-refractivity contribution in [2.45, 2.75) is 19.4 Å². The van der Waals surface area contributed by atoms with E-state index in [9.17, 15) is 9.90 Å². The Morgan fingerprint density at radius 3 is 3.00 bits per heavy atom. The number of aliphatic hydroxyl groups excluding tert-OH is 1. The first-order valence-electron chi connectivity index (χ1n) is 7.19. The summed E-state index contributed by atoms with van der Waals surface area (Å²) in [7, 11) is 0. The van der Waals surface area contributed by atoms with Gasteiger partial charge in [0, 0.05) is 17.6 Å². The van der Waals surface area contributed by atoms with Crippen LogP contribution < -0.4 is 5.73 Å². The van der Waals surface area contributed by atoms with Crippen LogP contribution in [0.15, 0.2) is 30.3 Å². The molecule has 3 rings (SSSR count). The van der Waals surface area contributed by atoms with E-state index in [-0.39, 0.29) is 18.6 Å². The molecule has 1 aromatic carbocycles. The number of aliphatic hydroxyl groups is 1. The van der Waals surface area contributed by atoms with E-state index in [1.165, 1.54) is 0 Å². The maximum absolute atomic E-state index is 12.7. The van der Waals surface area contributed by atoms with E-state index in [1.54, 1.807) is 11.0 Å². The van der Waals surface area contributed by atoms with Gasteiger partial charge in [-0.2, -0.15) is 0 Å². The Morgan fingerprint density at radius 1 is 1.48 bits per heavy atom. The van der Waals surface area contributed by atoms with Gasteiger partial charge in [-0.15, -0.1) is 0 Å². The van der Waals surface area contributed by atoms with E-state index in [0.717, 1.165) is 11.8 Å². The number of hydrogen-bond acceptors (Lipinski definition) is 4. The third kappa shape index (κ3) is 2.34. The number of nitrogen functional groups attached to an aromatic ring is 1. The van der Waals surface area contributed by atoms with Crippen molar-refractivity contribution >= 4 is 22.5 Å². The van der Waals surface area contributed by atoms with E-state index in [0.29, 0.717) is 29.4 Å². The highest BCUT2D eigenvalue weighted by Gasteiger charge is 2.34. The van der Waals surface area contributed by atoms with Crippen LogP contribution in [0.1, 0.15) is 23.8 Å². The van der Waals surface area contributed by atoms with Gasteiger partial charge < -0.3 is 15.7 Å². The molecule has 2 atom stereocenters. The molecule has 2 unspecified atom stereocenters. The van der Waals surface area contributed by atoms with Crippen molar-refractivity contribution in [2.75, 3.05) is 18.9 Å². The van der Waals surface area contributed by atoms with Gasteiger partial charge in [-0.3, -0.25) is 4.79 Å². The summed E-state index contributed by atoms with van der Waals surface area (Å²) in [5.41, 5.74) is 7.64. The van der Waals surface area contributed by atoms with E-state index >= 15 is 0 Å². The number of para-hydroxylation sites is 1. The first-order valence-corrected chi connectivity index (χ1v) is 7.19. The number of likely N-dealkylation sites (tertiary alicyclic amines) is 1. The largest absolute Gasteiger partial charge is 0.398 e. The highest BCUT2D eigenvalue weighted by atomic mass is 16.3. The van der Waals surface area contributed by atoms with Crippen LogP contribution in [-0.4, -0.2) is 40.1 Å². The molecule has 1 aliphatic heterocycles. The van der Waals surface area contributed by atoms with Gasteiger partial charge in [0.25, 0.3) is 5.91 Å². The van der Waals surface area contributed by atoms with Crippen molar-refractivity contribution in [3.63, 3.8) is 0 Å². The zero-order valence-electron chi connectivity index (χ0n) is 12.0. The predicted molar refractivity (Wildman–Crippen MR) is 81.8 cm³/mol. The van der Waals surface area contributed by atoms with Gasteiger partial charge in [0.15, 0.2) is 0 Å². The zero-order valence-corrected chi connectivity index (χ0v) is 12.0. The molecular weight excluding hydrogens is 266 g/mol. The Kier molecular flexibility index (Phi) is 3.51. The predicted octanol–water partition coefficient (Wildman–Crippen LogP) is 1.66. The van der Waals surface area contributed by atoms with Crippen LogP contribution >= 0.6 is 0 Å². The maximum atomic E-state index is 12.7. The van der Waals surface area contributed by atoms with Gasteiger partial charge in [0.2, 0.25) is 0 Å². The molecule has 1 saturated heterocycles. The summed E-state index contributed by atoms with van der Waals surface area (Å²) in [5, 5.41) is 10.3. The summed E-state index contributed by atoms with van der Waals surface area (Å²) in [6.07, 6.45) is 0.903. The van der Waals surface area contributed by atoms with Crippen molar-refractivity contribution in [1.82, 2.24) is 9.88 Å². The zero-order chi connectivity index (χ0) is 15.0. The molecule has 0 spiro atoms. The van der Waals surface area contributed by atoms with Crippen LogP contribution in [0.2, 0.25) is 0 Å².